The van der Waals surface area contributed by atoms with E-state index in [-0.39, 0.29) is 5.91 Å². The number of carbonyl (C=O) groups is 1. The van der Waals surface area contributed by atoms with Gasteiger partial charge in [0.25, 0.3) is 0 Å². The van der Waals surface area contributed by atoms with Crippen molar-refractivity contribution in [2.75, 3.05) is 13.7 Å². The van der Waals surface area contributed by atoms with Crippen LogP contribution in [0.4, 0.5) is 0 Å². The minimum absolute atomic E-state index is 0.0619. The number of nitrogens with two attached hydrogens (primary N) is 2. The summed E-state index contributed by atoms with van der Waals surface area (Å²) >= 11 is 0. The summed E-state index contributed by atoms with van der Waals surface area (Å²) < 4.78 is 7.26. The van der Waals surface area contributed by atoms with Gasteiger partial charge < -0.3 is 21.6 Å². The van der Waals surface area contributed by atoms with E-state index in [4.69, 9.17) is 16.3 Å². The first kappa shape index (κ1) is 15.0. The van der Waals surface area contributed by atoms with Crippen LogP contribution in [0.15, 0.2) is 29.4 Å². The lowest BCUT2D eigenvalue weighted by Gasteiger charge is -2.05. The molecule has 0 bridgehead atoms. The molecule has 120 valence electrons. The van der Waals surface area contributed by atoms with Crippen LogP contribution in [-0.2, 0) is 11.2 Å². The zero-order chi connectivity index (χ0) is 16.6. The molecule has 23 heavy (non-hydrogen) atoms. The van der Waals surface area contributed by atoms with Crippen molar-refractivity contribution < 1.29 is 9.53 Å². The molecule has 1 aliphatic heterocycles. The van der Waals surface area contributed by atoms with E-state index < -0.39 is 0 Å². The van der Waals surface area contributed by atoms with E-state index in [0.717, 1.165) is 27.9 Å². The highest BCUT2D eigenvalue weighted by molar-refractivity contribution is 6.18. The van der Waals surface area contributed by atoms with Gasteiger partial charge in [-0.15, -0.1) is 0 Å². The molecule has 7 nitrogen and oxygen atoms in total. The number of hydrogen-bond donors (Lipinski definition) is 3. The maximum absolute atomic E-state index is 11.1. The topological polar surface area (TPSA) is 108 Å². The van der Waals surface area contributed by atoms with Crippen molar-refractivity contribution in [3.63, 3.8) is 0 Å². The molecule has 0 atom stereocenters. The third-order valence-corrected chi connectivity index (χ3v) is 3.95. The molecule has 1 amide bonds. The van der Waals surface area contributed by atoms with Crippen molar-refractivity contribution >= 4 is 28.3 Å². The molecular formula is C16H19N5O2. The Hall–Kier alpha value is -2.96. The maximum atomic E-state index is 11.1. The Morgan fingerprint density at radius 2 is 2.22 bits per heavy atom. The van der Waals surface area contributed by atoms with E-state index >= 15 is 0 Å². The Morgan fingerprint density at radius 1 is 1.43 bits per heavy atom. The molecule has 7 heteroatoms. The Labute approximate surface area is 133 Å². The number of ether oxygens (including phenoxy) is 1. The van der Waals surface area contributed by atoms with Gasteiger partial charge in [-0.1, -0.05) is 0 Å². The van der Waals surface area contributed by atoms with Gasteiger partial charge in [-0.2, -0.15) is 5.10 Å². The van der Waals surface area contributed by atoms with E-state index in [9.17, 15) is 4.79 Å². The largest absolute Gasteiger partial charge is 0.497 e. The molecule has 0 saturated carbocycles. The minimum atomic E-state index is -0.0619. The van der Waals surface area contributed by atoms with Crippen molar-refractivity contribution in [3.05, 3.63) is 35.5 Å². The number of hydrogen-bond acceptors (Lipinski definition) is 5. The lowest BCUT2D eigenvalue weighted by atomic mass is 10.0. The first-order chi connectivity index (χ1) is 11.1. The highest BCUT2D eigenvalue weighted by atomic mass is 16.5. The molecule has 1 aliphatic rings. The summed E-state index contributed by atoms with van der Waals surface area (Å²) in [6.45, 7) is 2.02. The molecule has 3 rings (SSSR count). The van der Waals surface area contributed by atoms with Crippen molar-refractivity contribution in [1.29, 1.82) is 0 Å². The molecule has 0 aliphatic carbocycles. The smallest absolute Gasteiger partial charge is 0.216 e. The quantitative estimate of drug-likeness (QED) is 0.572. The van der Waals surface area contributed by atoms with Gasteiger partial charge in [0.1, 0.15) is 17.3 Å². The normalized spacial score (nSPS) is 14.9. The van der Waals surface area contributed by atoms with E-state index in [1.54, 1.807) is 13.2 Å². The third kappa shape index (κ3) is 2.40. The van der Waals surface area contributed by atoms with Crippen molar-refractivity contribution in [2.24, 2.45) is 16.7 Å². The molecule has 5 N–H and O–H groups in total. The van der Waals surface area contributed by atoms with Crippen LogP contribution in [0.3, 0.4) is 0 Å². The van der Waals surface area contributed by atoms with E-state index in [1.807, 2.05) is 22.8 Å². The Balaban J connectivity index is 2.18. The molecule has 0 unspecified atom stereocenters. The maximum Gasteiger partial charge on any atom is 0.216 e. The molecule has 2 aromatic rings. The Kier molecular flexibility index (Phi) is 3.69. The Bertz CT molecular complexity index is 848. The molecule has 1 aromatic carbocycles. The summed E-state index contributed by atoms with van der Waals surface area (Å²) in [5.74, 6) is 6.79. The van der Waals surface area contributed by atoms with Crippen LogP contribution in [0, 0.1) is 0 Å². The van der Waals surface area contributed by atoms with Gasteiger partial charge in [0, 0.05) is 24.9 Å². The second-order valence-corrected chi connectivity index (χ2v) is 5.36. The number of benzene rings is 1. The van der Waals surface area contributed by atoms with Gasteiger partial charge in [0.15, 0.2) is 0 Å². The number of carbonyl (C=O) groups excluding carboxylic acids is 1. The summed E-state index contributed by atoms with van der Waals surface area (Å²) in [4.78, 5) is 11.1. The standard InChI is InChI=1S/C16H19N5O2/c1-9(22)19-6-5-11-12-7-10(23-2)3-4-14(12)21-15(17)8-13(20-18)16(11)21/h3-4,7-8H,5-6,17-18H2,1-2H3,(H,19,22)/b20-13+. The average molecular weight is 313 g/mol. The first-order valence-corrected chi connectivity index (χ1v) is 7.28. The van der Waals surface area contributed by atoms with Gasteiger partial charge in [-0.25, -0.2) is 0 Å². The number of rotatable bonds is 4. The SMILES string of the molecule is COc1ccc2c(c1)c(CCNC(C)=O)c1n2C(N)=C/C1=N\N. The molecule has 0 fully saturated rings. The lowest BCUT2D eigenvalue weighted by molar-refractivity contribution is -0.118. The summed E-state index contributed by atoms with van der Waals surface area (Å²) in [7, 11) is 1.63. The second kappa shape index (κ2) is 5.68. The number of hydrazone groups is 1. The molecule has 0 radical (unpaired) electrons. The van der Waals surface area contributed by atoms with E-state index in [0.29, 0.717) is 24.5 Å². The van der Waals surface area contributed by atoms with Crippen LogP contribution >= 0.6 is 0 Å². The number of amides is 1. The zero-order valence-corrected chi connectivity index (χ0v) is 13.1. The monoisotopic (exact) mass is 313 g/mol. The van der Waals surface area contributed by atoms with Gasteiger partial charge >= 0.3 is 0 Å². The predicted molar refractivity (Wildman–Crippen MR) is 90.1 cm³/mol. The van der Waals surface area contributed by atoms with Gasteiger partial charge in [-0.3, -0.25) is 9.36 Å². The summed E-state index contributed by atoms with van der Waals surface area (Å²) in [5.41, 5.74) is 9.63. The second-order valence-electron chi connectivity index (χ2n) is 5.36. The van der Waals surface area contributed by atoms with Gasteiger partial charge in [-0.05, 0) is 30.2 Å². The lowest BCUT2D eigenvalue weighted by Crippen LogP contribution is -2.23. The fraction of sp³-hybridized carbons (Fsp3) is 0.250. The van der Waals surface area contributed by atoms with Crippen LogP contribution in [0.1, 0.15) is 18.2 Å². The Morgan fingerprint density at radius 3 is 2.87 bits per heavy atom. The number of aromatic nitrogens is 1. The molecular weight excluding hydrogens is 294 g/mol. The number of nitrogens with one attached hydrogen (secondary N) is 1. The number of allylic oxidation sites excluding steroid dienone is 1. The highest BCUT2D eigenvalue weighted by Gasteiger charge is 2.26. The van der Waals surface area contributed by atoms with Crippen LogP contribution in [0.2, 0.25) is 0 Å². The summed E-state index contributed by atoms with van der Waals surface area (Å²) in [5, 5.41) is 7.67. The zero-order valence-electron chi connectivity index (χ0n) is 13.1. The van der Waals surface area contributed by atoms with Crippen LogP contribution in [-0.4, -0.2) is 29.8 Å². The summed E-state index contributed by atoms with van der Waals surface area (Å²) in [6.07, 6.45) is 2.40. The van der Waals surface area contributed by atoms with Crippen molar-refractivity contribution in [3.8, 4) is 5.75 Å². The number of fused-ring (bicyclic) bond motifs is 3. The van der Waals surface area contributed by atoms with Gasteiger partial charge in [0.05, 0.1) is 18.3 Å². The molecule has 2 heterocycles. The fourth-order valence-electron chi connectivity index (χ4n) is 2.99. The third-order valence-electron chi connectivity index (χ3n) is 3.95. The average Bonchev–Trinajstić information content (AvgIpc) is 3.03. The minimum Gasteiger partial charge on any atom is -0.497 e. The first-order valence-electron chi connectivity index (χ1n) is 7.28. The van der Waals surface area contributed by atoms with Crippen LogP contribution in [0.5, 0.6) is 5.75 Å². The summed E-state index contributed by atoms with van der Waals surface area (Å²) in [6, 6.07) is 5.81. The predicted octanol–water partition coefficient (Wildman–Crippen LogP) is 0.762. The molecule has 0 saturated heterocycles. The van der Waals surface area contributed by atoms with E-state index in [2.05, 4.69) is 10.4 Å². The van der Waals surface area contributed by atoms with Crippen molar-refractivity contribution in [1.82, 2.24) is 9.88 Å². The molecule has 0 spiro atoms. The van der Waals surface area contributed by atoms with Crippen molar-refractivity contribution in [2.45, 2.75) is 13.3 Å². The van der Waals surface area contributed by atoms with Crippen LogP contribution < -0.4 is 21.6 Å². The fourth-order valence-corrected chi connectivity index (χ4v) is 2.99. The number of nitrogens with zero attached hydrogens (tertiary/aromatic N) is 2. The highest BCUT2D eigenvalue weighted by Crippen LogP contribution is 2.34. The van der Waals surface area contributed by atoms with Gasteiger partial charge in [0.2, 0.25) is 5.91 Å². The van der Waals surface area contributed by atoms with Crippen LogP contribution in [0.25, 0.3) is 16.7 Å². The number of methoxy groups -OCH3 is 1. The van der Waals surface area contributed by atoms with E-state index in [1.165, 1.54) is 6.92 Å². The molecule has 1 aromatic heterocycles.